The molecule has 142 valence electrons. The molecule has 1 aliphatic heterocycles. The molecule has 3 rings (SSSR count). The highest BCUT2D eigenvalue weighted by Crippen LogP contribution is 2.28. The number of para-hydroxylation sites is 1. The van der Waals surface area contributed by atoms with E-state index in [1.807, 2.05) is 23.1 Å². The lowest BCUT2D eigenvalue weighted by molar-refractivity contribution is -0.128. The molecule has 1 aliphatic rings. The number of aromatic nitrogens is 1. The average Bonchev–Trinajstić information content (AvgIpc) is 2.71. The van der Waals surface area contributed by atoms with Gasteiger partial charge in [-0.2, -0.15) is 5.10 Å². The van der Waals surface area contributed by atoms with E-state index in [-0.39, 0.29) is 11.7 Å². The summed E-state index contributed by atoms with van der Waals surface area (Å²) in [5.41, 5.74) is 3.64. The fourth-order valence-electron chi connectivity index (χ4n) is 2.90. The summed E-state index contributed by atoms with van der Waals surface area (Å²) in [6.07, 6.45) is 3.04. The van der Waals surface area contributed by atoms with Crippen molar-refractivity contribution >= 4 is 12.1 Å². The normalized spacial score (nSPS) is 16.2. The van der Waals surface area contributed by atoms with Gasteiger partial charge < -0.3 is 14.6 Å². The minimum atomic E-state index is -0.564. The van der Waals surface area contributed by atoms with Gasteiger partial charge in [0.25, 0.3) is 5.91 Å². The van der Waals surface area contributed by atoms with Crippen molar-refractivity contribution in [2.45, 2.75) is 6.04 Å². The Hall–Kier alpha value is -2.97. The highest BCUT2D eigenvalue weighted by molar-refractivity contribution is 5.87. The molecule has 1 amide bonds. The third kappa shape index (κ3) is 4.60. The Bertz CT molecular complexity index is 792. The third-order valence-electron chi connectivity index (χ3n) is 4.26. The zero-order chi connectivity index (χ0) is 19.1. The molecule has 1 aromatic carbocycles. The number of aromatic hydroxyl groups is 1. The van der Waals surface area contributed by atoms with Crippen molar-refractivity contribution < 1.29 is 19.4 Å². The number of phenolic OH excluding ortho intramolecular Hbond substituents is 1. The van der Waals surface area contributed by atoms with Gasteiger partial charge in [-0.25, -0.2) is 5.43 Å². The lowest BCUT2D eigenvalue weighted by Crippen LogP contribution is -2.45. The first-order valence-electron chi connectivity index (χ1n) is 8.62. The molecule has 2 N–H and O–H groups in total. The molecule has 8 nitrogen and oxygen atoms in total. The molecule has 1 unspecified atom stereocenters. The van der Waals surface area contributed by atoms with E-state index < -0.39 is 6.04 Å². The molecule has 1 fully saturated rings. The van der Waals surface area contributed by atoms with Crippen molar-refractivity contribution in [3.63, 3.8) is 0 Å². The van der Waals surface area contributed by atoms with E-state index in [1.165, 1.54) is 13.3 Å². The fraction of sp³-hybridized carbons (Fsp3) is 0.316. The molecule has 0 aliphatic carbocycles. The number of nitrogens with zero attached hydrogens (tertiary/aromatic N) is 3. The number of ether oxygens (including phenoxy) is 2. The number of rotatable bonds is 6. The highest BCUT2D eigenvalue weighted by Gasteiger charge is 2.30. The van der Waals surface area contributed by atoms with E-state index in [4.69, 9.17) is 9.47 Å². The molecule has 27 heavy (non-hydrogen) atoms. The molecule has 1 saturated heterocycles. The highest BCUT2D eigenvalue weighted by atomic mass is 16.5. The molecule has 1 aromatic heterocycles. The topological polar surface area (TPSA) is 96.3 Å². The fourth-order valence-corrected chi connectivity index (χ4v) is 2.90. The number of hydrogen-bond acceptors (Lipinski definition) is 7. The summed E-state index contributed by atoms with van der Waals surface area (Å²) < 4.78 is 10.4. The van der Waals surface area contributed by atoms with Crippen molar-refractivity contribution in [2.75, 3.05) is 33.4 Å². The number of nitrogens with one attached hydrogen (secondary N) is 1. The van der Waals surface area contributed by atoms with Gasteiger partial charge in [-0.3, -0.25) is 14.7 Å². The van der Waals surface area contributed by atoms with Crippen LogP contribution in [-0.2, 0) is 9.53 Å². The summed E-state index contributed by atoms with van der Waals surface area (Å²) in [6, 6.07) is 9.95. The van der Waals surface area contributed by atoms with Crippen molar-refractivity contribution in [3.05, 3.63) is 53.9 Å². The maximum absolute atomic E-state index is 12.8. The van der Waals surface area contributed by atoms with Crippen LogP contribution in [-0.4, -0.2) is 60.5 Å². The van der Waals surface area contributed by atoms with Gasteiger partial charge in [0.1, 0.15) is 6.04 Å². The minimum Gasteiger partial charge on any atom is -0.504 e. The van der Waals surface area contributed by atoms with Crippen LogP contribution >= 0.6 is 0 Å². The van der Waals surface area contributed by atoms with E-state index in [0.29, 0.717) is 43.3 Å². The van der Waals surface area contributed by atoms with Crippen molar-refractivity contribution in [1.82, 2.24) is 15.3 Å². The van der Waals surface area contributed by atoms with Gasteiger partial charge in [0.2, 0.25) is 0 Å². The molecular formula is C19H22N4O4. The first-order chi connectivity index (χ1) is 13.2. The maximum atomic E-state index is 12.8. The van der Waals surface area contributed by atoms with E-state index in [1.54, 1.807) is 24.4 Å². The van der Waals surface area contributed by atoms with E-state index in [0.717, 1.165) is 0 Å². The van der Waals surface area contributed by atoms with Crippen LogP contribution in [0.4, 0.5) is 0 Å². The summed E-state index contributed by atoms with van der Waals surface area (Å²) >= 11 is 0. The molecule has 0 saturated carbocycles. The molecular weight excluding hydrogens is 348 g/mol. The van der Waals surface area contributed by atoms with Crippen LogP contribution in [0.25, 0.3) is 0 Å². The van der Waals surface area contributed by atoms with Crippen molar-refractivity contribution in [2.24, 2.45) is 5.10 Å². The molecule has 8 heteroatoms. The summed E-state index contributed by atoms with van der Waals surface area (Å²) in [6.45, 7) is 2.40. The summed E-state index contributed by atoms with van der Waals surface area (Å²) in [5.74, 6) is 0.00615. The zero-order valence-corrected chi connectivity index (χ0v) is 15.0. The Labute approximate surface area is 157 Å². The van der Waals surface area contributed by atoms with E-state index in [2.05, 4.69) is 15.5 Å². The predicted octanol–water partition coefficient (Wildman–Crippen LogP) is 1.32. The molecule has 0 radical (unpaired) electrons. The van der Waals surface area contributed by atoms with E-state index in [9.17, 15) is 9.90 Å². The number of carbonyl (C=O) groups is 1. The number of morpholine rings is 1. The minimum absolute atomic E-state index is 0.0348. The lowest BCUT2D eigenvalue weighted by atomic mass is 10.1. The summed E-state index contributed by atoms with van der Waals surface area (Å²) in [4.78, 5) is 19.1. The van der Waals surface area contributed by atoms with Crippen LogP contribution in [0.5, 0.6) is 11.5 Å². The Morgan fingerprint density at radius 3 is 2.85 bits per heavy atom. The number of carbonyl (C=O) groups excluding carboxylic acids is 1. The third-order valence-corrected chi connectivity index (χ3v) is 4.26. The quantitative estimate of drug-likeness (QED) is 0.588. The van der Waals surface area contributed by atoms with Gasteiger partial charge in [-0.1, -0.05) is 12.1 Å². The van der Waals surface area contributed by atoms with Crippen molar-refractivity contribution in [3.8, 4) is 11.5 Å². The van der Waals surface area contributed by atoms with E-state index >= 15 is 0 Å². The molecule has 1 atom stereocenters. The standard InChI is InChI=1S/C19H22N4O4/c1-26-16-7-4-5-14(18(16)24)13-21-22-19(25)17(15-6-2-3-8-20-15)23-9-11-27-12-10-23/h2-8,13,17,24H,9-12H2,1H3,(H,22,25). The van der Waals surface area contributed by atoms with Gasteiger partial charge >= 0.3 is 0 Å². The second kappa shape index (κ2) is 9.11. The van der Waals surface area contributed by atoms with Crippen molar-refractivity contribution in [1.29, 1.82) is 0 Å². The Kier molecular flexibility index (Phi) is 6.35. The maximum Gasteiger partial charge on any atom is 0.263 e. The summed E-state index contributed by atoms with van der Waals surface area (Å²) in [7, 11) is 1.47. The molecule has 2 heterocycles. The number of methoxy groups -OCH3 is 1. The Balaban J connectivity index is 1.75. The SMILES string of the molecule is COc1cccc(C=NNC(=O)C(c2ccccn2)N2CCOCC2)c1O. The number of hydrogen-bond donors (Lipinski definition) is 2. The molecule has 2 aromatic rings. The molecule has 0 spiro atoms. The monoisotopic (exact) mass is 370 g/mol. The number of hydrazone groups is 1. The number of amides is 1. The number of benzene rings is 1. The van der Waals surface area contributed by atoms with Crippen LogP contribution in [0.2, 0.25) is 0 Å². The predicted molar refractivity (Wildman–Crippen MR) is 99.8 cm³/mol. The second-order valence-electron chi connectivity index (χ2n) is 5.94. The first-order valence-corrected chi connectivity index (χ1v) is 8.62. The van der Waals surface area contributed by atoms with Gasteiger partial charge in [-0.15, -0.1) is 0 Å². The van der Waals surface area contributed by atoms with Crippen LogP contribution in [0.3, 0.4) is 0 Å². The van der Waals surface area contributed by atoms with Crippen LogP contribution in [0.1, 0.15) is 17.3 Å². The number of pyridine rings is 1. The second-order valence-corrected chi connectivity index (χ2v) is 5.94. The van der Waals surface area contributed by atoms with Crippen LogP contribution in [0.15, 0.2) is 47.7 Å². The van der Waals surface area contributed by atoms with Crippen LogP contribution < -0.4 is 10.2 Å². The molecule has 0 bridgehead atoms. The van der Waals surface area contributed by atoms with Crippen LogP contribution in [0, 0.1) is 0 Å². The smallest absolute Gasteiger partial charge is 0.263 e. The summed E-state index contributed by atoms with van der Waals surface area (Å²) in [5, 5.41) is 14.1. The van der Waals surface area contributed by atoms with Gasteiger partial charge in [0.05, 0.1) is 32.2 Å². The van der Waals surface area contributed by atoms with Gasteiger partial charge in [0.15, 0.2) is 11.5 Å². The number of phenols is 1. The zero-order valence-electron chi connectivity index (χ0n) is 15.0. The Morgan fingerprint density at radius 2 is 2.15 bits per heavy atom. The lowest BCUT2D eigenvalue weighted by Gasteiger charge is -2.32. The van der Waals surface area contributed by atoms with Gasteiger partial charge in [-0.05, 0) is 24.3 Å². The largest absolute Gasteiger partial charge is 0.504 e. The average molecular weight is 370 g/mol. The first kappa shape index (κ1) is 18.8. The van der Waals surface area contributed by atoms with Gasteiger partial charge in [0, 0.05) is 24.8 Å². The Morgan fingerprint density at radius 1 is 1.33 bits per heavy atom.